The number of halogens is 1. The summed E-state index contributed by atoms with van der Waals surface area (Å²) < 4.78 is 19.7. The Morgan fingerprint density at radius 3 is 2.69 bits per heavy atom. The zero-order valence-electron chi connectivity index (χ0n) is 16.9. The van der Waals surface area contributed by atoms with Crippen molar-refractivity contribution in [1.82, 2.24) is 4.90 Å². The van der Waals surface area contributed by atoms with E-state index in [1.807, 2.05) is 44.4 Å². The molecule has 29 heavy (non-hydrogen) atoms. The highest BCUT2D eigenvalue weighted by atomic mass is 32.2. The number of thioether (sulfide) groups is 1. The monoisotopic (exact) mass is 416 g/mol. The van der Waals surface area contributed by atoms with Crippen LogP contribution in [0.2, 0.25) is 0 Å². The van der Waals surface area contributed by atoms with Gasteiger partial charge in [0.25, 0.3) is 0 Å². The molecule has 0 aliphatic carbocycles. The van der Waals surface area contributed by atoms with E-state index in [1.165, 1.54) is 17.8 Å². The molecule has 0 bridgehead atoms. The van der Waals surface area contributed by atoms with Crippen molar-refractivity contribution >= 4 is 29.3 Å². The molecule has 1 saturated heterocycles. The molecule has 1 heterocycles. The van der Waals surface area contributed by atoms with Crippen LogP contribution in [0.25, 0.3) is 0 Å². The van der Waals surface area contributed by atoms with E-state index in [4.69, 9.17) is 4.74 Å². The van der Waals surface area contributed by atoms with Crippen molar-refractivity contribution in [2.75, 3.05) is 25.2 Å². The van der Waals surface area contributed by atoms with Crippen LogP contribution >= 0.6 is 11.8 Å². The van der Waals surface area contributed by atoms with Crippen molar-refractivity contribution in [3.63, 3.8) is 0 Å². The smallest absolute Gasteiger partial charge is 0.237 e. The van der Waals surface area contributed by atoms with Crippen LogP contribution in [0.5, 0.6) is 5.75 Å². The lowest BCUT2D eigenvalue weighted by molar-refractivity contribution is -0.135. The third-order valence-corrected chi connectivity index (χ3v) is 5.70. The number of rotatable bonds is 6. The zero-order chi connectivity index (χ0) is 21.1. The highest BCUT2D eigenvalue weighted by Gasteiger charge is 2.44. The average Bonchev–Trinajstić information content (AvgIpc) is 2.98. The molecule has 1 fully saturated rings. The summed E-state index contributed by atoms with van der Waals surface area (Å²) >= 11 is 1.52. The maximum absolute atomic E-state index is 14.1. The lowest BCUT2D eigenvalue weighted by atomic mass is 9.87. The molecule has 0 spiro atoms. The van der Waals surface area contributed by atoms with Crippen LogP contribution in [0, 0.1) is 11.7 Å². The molecule has 5 nitrogen and oxygen atoms in total. The fraction of sp³-hybridized carbons (Fsp3) is 0.364. The molecule has 1 aliphatic rings. The van der Waals surface area contributed by atoms with Gasteiger partial charge in [0.2, 0.25) is 11.8 Å². The van der Waals surface area contributed by atoms with E-state index < -0.39 is 11.7 Å². The van der Waals surface area contributed by atoms with Crippen LogP contribution in [0.4, 0.5) is 10.1 Å². The summed E-state index contributed by atoms with van der Waals surface area (Å²) in [6.45, 7) is 4.02. The molecule has 154 valence electrons. The number of anilines is 1. The summed E-state index contributed by atoms with van der Waals surface area (Å²) in [6, 6.07) is 12.0. The Morgan fingerprint density at radius 1 is 1.28 bits per heavy atom. The van der Waals surface area contributed by atoms with Gasteiger partial charge in [-0.3, -0.25) is 9.59 Å². The Kier molecular flexibility index (Phi) is 6.47. The maximum atomic E-state index is 14.1. The van der Waals surface area contributed by atoms with Crippen LogP contribution in [0.1, 0.15) is 25.3 Å². The SMILES string of the molecule is CSc1ccccc1NC(=O)[C@H]1C(=O)N(C)C[C@@H]1c1ccc(F)c(OC(C)C)c1. The average molecular weight is 417 g/mol. The Morgan fingerprint density at radius 2 is 2.00 bits per heavy atom. The minimum absolute atomic E-state index is 0.131. The first kappa shape index (κ1) is 21.2. The highest BCUT2D eigenvalue weighted by Crippen LogP contribution is 2.36. The van der Waals surface area contributed by atoms with Crippen LogP contribution in [0.15, 0.2) is 47.4 Å². The summed E-state index contributed by atoms with van der Waals surface area (Å²) in [6.07, 6.45) is 1.74. The normalized spacial score (nSPS) is 19.0. The third-order valence-electron chi connectivity index (χ3n) is 4.91. The van der Waals surface area contributed by atoms with Crippen LogP contribution in [-0.2, 0) is 9.59 Å². The molecule has 1 N–H and O–H groups in total. The standard InChI is InChI=1S/C22H25FN2O3S/c1-13(2)28-18-11-14(9-10-16(18)23)15-12-25(3)22(27)20(15)21(26)24-17-7-5-6-8-19(17)29-4/h5-11,13,15,20H,12H2,1-4H3,(H,24,26)/t15-,20+/m1/s1. The summed E-state index contributed by atoms with van der Waals surface area (Å²) in [4.78, 5) is 28.3. The quantitative estimate of drug-likeness (QED) is 0.568. The molecule has 7 heteroatoms. The number of hydrogen-bond acceptors (Lipinski definition) is 4. The lowest BCUT2D eigenvalue weighted by Gasteiger charge is -2.19. The van der Waals surface area contributed by atoms with Crippen molar-refractivity contribution in [3.05, 3.63) is 53.8 Å². The van der Waals surface area contributed by atoms with E-state index in [2.05, 4.69) is 5.32 Å². The number of amides is 2. The van der Waals surface area contributed by atoms with Gasteiger partial charge in [-0.25, -0.2) is 4.39 Å². The lowest BCUT2D eigenvalue weighted by Crippen LogP contribution is -2.32. The fourth-order valence-corrected chi connectivity index (χ4v) is 4.10. The second-order valence-electron chi connectivity index (χ2n) is 7.35. The van der Waals surface area contributed by atoms with Gasteiger partial charge in [0.05, 0.1) is 11.8 Å². The van der Waals surface area contributed by atoms with Gasteiger partial charge in [-0.2, -0.15) is 0 Å². The van der Waals surface area contributed by atoms with Gasteiger partial charge in [-0.05, 0) is 49.9 Å². The predicted octanol–water partition coefficient (Wildman–Crippen LogP) is 4.15. The van der Waals surface area contributed by atoms with Crippen molar-refractivity contribution in [3.8, 4) is 5.75 Å². The van der Waals surface area contributed by atoms with Crippen LogP contribution in [-0.4, -0.2) is 42.7 Å². The number of likely N-dealkylation sites (N-methyl/N-ethyl adjacent to an activating group) is 1. The van der Waals surface area contributed by atoms with Crippen molar-refractivity contribution in [2.45, 2.75) is 30.8 Å². The van der Waals surface area contributed by atoms with E-state index >= 15 is 0 Å². The van der Waals surface area contributed by atoms with Gasteiger partial charge < -0.3 is 15.0 Å². The molecule has 0 saturated carbocycles. The van der Waals surface area contributed by atoms with Crippen molar-refractivity contribution in [1.29, 1.82) is 0 Å². The van der Waals surface area contributed by atoms with Crippen LogP contribution in [0.3, 0.4) is 0 Å². The molecule has 2 aromatic rings. The topological polar surface area (TPSA) is 58.6 Å². The van der Waals surface area contributed by atoms with Gasteiger partial charge in [-0.1, -0.05) is 18.2 Å². The largest absolute Gasteiger partial charge is 0.488 e. The highest BCUT2D eigenvalue weighted by molar-refractivity contribution is 7.98. The summed E-state index contributed by atoms with van der Waals surface area (Å²) in [5.74, 6) is -2.20. The molecule has 2 atom stereocenters. The first-order valence-corrected chi connectivity index (χ1v) is 10.7. The second-order valence-corrected chi connectivity index (χ2v) is 8.20. The van der Waals surface area contributed by atoms with E-state index in [0.717, 1.165) is 4.90 Å². The van der Waals surface area contributed by atoms with E-state index in [0.29, 0.717) is 17.8 Å². The van der Waals surface area contributed by atoms with Gasteiger partial charge in [0, 0.05) is 24.4 Å². The number of hydrogen-bond donors (Lipinski definition) is 1. The van der Waals surface area contributed by atoms with Crippen molar-refractivity contribution < 1.29 is 18.7 Å². The van der Waals surface area contributed by atoms with Crippen LogP contribution < -0.4 is 10.1 Å². The number of likely N-dealkylation sites (tertiary alicyclic amines) is 1. The molecule has 2 aromatic carbocycles. The predicted molar refractivity (Wildman–Crippen MR) is 113 cm³/mol. The minimum Gasteiger partial charge on any atom is -0.488 e. The molecular formula is C22H25FN2O3S. The van der Waals surface area contributed by atoms with E-state index in [1.54, 1.807) is 24.1 Å². The number of nitrogens with one attached hydrogen (secondary N) is 1. The van der Waals surface area contributed by atoms with Crippen molar-refractivity contribution in [2.24, 2.45) is 5.92 Å². The number of para-hydroxylation sites is 1. The third kappa shape index (κ3) is 4.56. The van der Waals surface area contributed by atoms with Gasteiger partial charge in [-0.15, -0.1) is 11.8 Å². The zero-order valence-corrected chi connectivity index (χ0v) is 17.8. The number of ether oxygens (including phenoxy) is 1. The van der Waals surface area contributed by atoms with E-state index in [9.17, 15) is 14.0 Å². The Balaban J connectivity index is 1.90. The van der Waals surface area contributed by atoms with E-state index in [-0.39, 0.29) is 29.6 Å². The molecule has 0 aromatic heterocycles. The summed E-state index contributed by atoms with van der Waals surface area (Å²) in [5, 5.41) is 2.90. The molecule has 0 radical (unpaired) electrons. The maximum Gasteiger partial charge on any atom is 0.237 e. The Bertz CT molecular complexity index is 919. The number of carbonyl (C=O) groups excluding carboxylic acids is 2. The van der Waals surface area contributed by atoms with Gasteiger partial charge in [0.1, 0.15) is 5.92 Å². The fourth-order valence-electron chi connectivity index (χ4n) is 3.55. The number of benzene rings is 2. The Labute approximate surface area is 174 Å². The number of carbonyl (C=O) groups is 2. The molecule has 2 amide bonds. The minimum atomic E-state index is -0.882. The van der Waals surface area contributed by atoms with Gasteiger partial charge in [0.15, 0.2) is 11.6 Å². The number of nitrogens with zero attached hydrogens (tertiary/aromatic N) is 1. The molecule has 3 rings (SSSR count). The first-order valence-electron chi connectivity index (χ1n) is 9.46. The summed E-state index contributed by atoms with van der Waals surface area (Å²) in [7, 11) is 1.67. The van der Waals surface area contributed by atoms with Gasteiger partial charge >= 0.3 is 0 Å². The molecule has 0 unspecified atom stereocenters. The first-order chi connectivity index (χ1) is 13.8. The molecular weight excluding hydrogens is 391 g/mol. The summed E-state index contributed by atoms with van der Waals surface area (Å²) in [5.41, 5.74) is 1.38. The second kappa shape index (κ2) is 8.86. The molecule has 1 aliphatic heterocycles. The Hall–Kier alpha value is -2.54.